The molecule has 0 spiro atoms. The summed E-state index contributed by atoms with van der Waals surface area (Å²) in [6, 6.07) is 4.96. The second-order valence-electron chi connectivity index (χ2n) is 4.73. The van der Waals surface area contributed by atoms with Crippen molar-refractivity contribution < 1.29 is 18.8 Å². The number of anilines is 2. The van der Waals surface area contributed by atoms with Gasteiger partial charge in [0.05, 0.1) is 24.9 Å². The molecule has 1 amide bonds. The van der Waals surface area contributed by atoms with Gasteiger partial charge in [0, 0.05) is 31.2 Å². The van der Waals surface area contributed by atoms with Gasteiger partial charge in [0.25, 0.3) is 0 Å². The smallest absolute Gasteiger partial charge is 0.226 e. The zero-order chi connectivity index (χ0) is 16.8. The van der Waals surface area contributed by atoms with E-state index in [0.717, 1.165) is 0 Å². The van der Waals surface area contributed by atoms with Crippen molar-refractivity contribution in [3.63, 3.8) is 0 Å². The molecule has 0 fully saturated rings. The van der Waals surface area contributed by atoms with Gasteiger partial charge in [0.1, 0.15) is 17.3 Å². The summed E-state index contributed by atoms with van der Waals surface area (Å²) in [4.78, 5) is 12.0. The van der Waals surface area contributed by atoms with Crippen LogP contribution in [0.4, 0.5) is 11.5 Å². The SMILES string of the molecule is COc1cc(NC(=O)CCNc2cc(C)on2)c(OC)cc1Cl. The van der Waals surface area contributed by atoms with Crippen LogP contribution in [0.25, 0.3) is 0 Å². The van der Waals surface area contributed by atoms with E-state index >= 15 is 0 Å². The molecule has 0 unspecified atom stereocenters. The maximum Gasteiger partial charge on any atom is 0.226 e. The zero-order valence-corrected chi connectivity index (χ0v) is 13.9. The fourth-order valence-corrected chi connectivity index (χ4v) is 2.16. The topological polar surface area (TPSA) is 85.6 Å². The number of nitrogens with zero attached hydrogens (tertiary/aromatic N) is 1. The Morgan fingerprint density at radius 1 is 1.26 bits per heavy atom. The number of hydrogen-bond donors (Lipinski definition) is 2. The molecular formula is C15H18ClN3O4. The first-order chi connectivity index (χ1) is 11.0. The molecule has 1 heterocycles. The van der Waals surface area contributed by atoms with Crippen LogP contribution in [0.2, 0.25) is 5.02 Å². The Balaban J connectivity index is 1.94. The number of carbonyl (C=O) groups excluding carboxylic acids is 1. The lowest BCUT2D eigenvalue weighted by molar-refractivity contribution is -0.116. The van der Waals surface area contributed by atoms with E-state index in [9.17, 15) is 4.79 Å². The molecule has 8 heteroatoms. The first-order valence-corrected chi connectivity index (χ1v) is 7.30. The molecule has 0 aliphatic rings. The Bertz CT molecular complexity index is 687. The molecule has 2 rings (SSSR count). The lowest BCUT2D eigenvalue weighted by Gasteiger charge is -2.13. The average Bonchev–Trinajstić information content (AvgIpc) is 2.94. The van der Waals surface area contributed by atoms with Crippen molar-refractivity contribution in [2.45, 2.75) is 13.3 Å². The highest BCUT2D eigenvalue weighted by molar-refractivity contribution is 6.32. The Hall–Kier alpha value is -2.41. The number of benzene rings is 1. The molecule has 0 aliphatic carbocycles. The second kappa shape index (κ2) is 7.73. The monoisotopic (exact) mass is 339 g/mol. The Morgan fingerprint density at radius 2 is 2.00 bits per heavy atom. The third-order valence-corrected chi connectivity index (χ3v) is 3.33. The predicted octanol–water partition coefficient (Wildman–Crippen LogP) is 3.09. The average molecular weight is 340 g/mol. The summed E-state index contributed by atoms with van der Waals surface area (Å²) in [6.45, 7) is 2.22. The van der Waals surface area contributed by atoms with Crippen LogP contribution in [0.5, 0.6) is 11.5 Å². The maximum absolute atomic E-state index is 12.0. The molecule has 2 aromatic rings. The van der Waals surface area contributed by atoms with Gasteiger partial charge in [-0.15, -0.1) is 0 Å². The third kappa shape index (κ3) is 4.53. The van der Waals surface area contributed by atoms with Crippen LogP contribution in [-0.2, 0) is 4.79 Å². The molecule has 1 aromatic heterocycles. The van der Waals surface area contributed by atoms with Crippen LogP contribution < -0.4 is 20.1 Å². The molecule has 0 aliphatic heterocycles. The summed E-state index contributed by atoms with van der Waals surface area (Å²) in [5, 5.41) is 9.96. The van der Waals surface area contributed by atoms with Crippen LogP contribution in [0.15, 0.2) is 22.7 Å². The quantitative estimate of drug-likeness (QED) is 0.806. The molecule has 7 nitrogen and oxygen atoms in total. The van der Waals surface area contributed by atoms with E-state index in [-0.39, 0.29) is 12.3 Å². The first kappa shape index (κ1) is 17.0. The maximum atomic E-state index is 12.0. The number of aryl methyl sites for hydroxylation is 1. The van der Waals surface area contributed by atoms with Crippen molar-refractivity contribution in [2.75, 3.05) is 31.4 Å². The summed E-state index contributed by atoms with van der Waals surface area (Å²) < 4.78 is 15.3. The predicted molar refractivity (Wildman–Crippen MR) is 87.5 cm³/mol. The van der Waals surface area contributed by atoms with Gasteiger partial charge in [-0.25, -0.2) is 0 Å². The van der Waals surface area contributed by atoms with Gasteiger partial charge < -0.3 is 24.6 Å². The minimum Gasteiger partial charge on any atom is -0.495 e. The van der Waals surface area contributed by atoms with Crippen LogP contribution in [0.3, 0.4) is 0 Å². The zero-order valence-electron chi connectivity index (χ0n) is 13.1. The minimum atomic E-state index is -0.180. The first-order valence-electron chi connectivity index (χ1n) is 6.92. The lowest BCUT2D eigenvalue weighted by Crippen LogP contribution is -2.16. The number of amides is 1. The Morgan fingerprint density at radius 3 is 2.61 bits per heavy atom. The largest absolute Gasteiger partial charge is 0.495 e. The molecule has 0 atom stereocenters. The standard InChI is InChI=1S/C15H18ClN3O4/c1-9-6-14(19-23-9)17-5-4-15(20)18-11-8-12(21-2)10(16)7-13(11)22-3/h6-8H,4-5H2,1-3H3,(H,17,19)(H,18,20). The van der Waals surface area contributed by atoms with Gasteiger partial charge in [-0.3, -0.25) is 4.79 Å². The van der Waals surface area contributed by atoms with Gasteiger partial charge in [0.15, 0.2) is 5.82 Å². The van der Waals surface area contributed by atoms with E-state index < -0.39 is 0 Å². The number of nitrogens with one attached hydrogen (secondary N) is 2. The fourth-order valence-electron chi connectivity index (χ4n) is 1.92. The van der Waals surface area contributed by atoms with Crippen molar-refractivity contribution in [2.24, 2.45) is 0 Å². The van der Waals surface area contributed by atoms with E-state index in [4.69, 9.17) is 25.6 Å². The molecule has 0 saturated heterocycles. The highest BCUT2D eigenvalue weighted by atomic mass is 35.5. The molecule has 1 aromatic carbocycles. The van der Waals surface area contributed by atoms with Gasteiger partial charge in [-0.1, -0.05) is 16.8 Å². The number of halogens is 1. The Kier molecular flexibility index (Phi) is 5.70. The fraction of sp³-hybridized carbons (Fsp3) is 0.333. The summed E-state index contributed by atoms with van der Waals surface area (Å²) >= 11 is 6.03. The van der Waals surface area contributed by atoms with E-state index in [1.165, 1.54) is 14.2 Å². The summed E-state index contributed by atoms with van der Waals surface area (Å²) in [5.41, 5.74) is 0.496. The van der Waals surface area contributed by atoms with Crippen LogP contribution in [0, 0.1) is 6.92 Å². The molecule has 2 N–H and O–H groups in total. The normalized spacial score (nSPS) is 10.3. The van der Waals surface area contributed by atoms with Gasteiger partial charge in [-0.2, -0.15) is 0 Å². The number of ether oxygens (including phenoxy) is 2. The van der Waals surface area contributed by atoms with Gasteiger partial charge in [0.2, 0.25) is 5.91 Å². The van der Waals surface area contributed by atoms with E-state index in [0.29, 0.717) is 40.3 Å². The van der Waals surface area contributed by atoms with Crippen LogP contribution in [0.1, 0.15) is 12.2 Å². The summed E-state index contributed by atoms with van der Waals surface area (Å²) in [6.07, 6.45) is 0.250. The van der Waals surface area contributed by atoms with E-state index in [1.54, 1.807) is 25.1 Å². The van der Waals surface area contributed by atoms with Gasteiger partial charge in [-0.05, 0) is 6.92 Å². The van der Waals surface area contributed by atoms with Crippen molar-refractivity contribution >= 4 is 29.0 Å². The number of rotatable bonds is 7. The molecule has 124 valence electrons. The lowest BCUT2D eigenvalue weighted by atomic mass is 10.2. The highest BCUT2D eigenvalue weighted by Gasteiger charge is 2.12. The number of aromatic nitrogens is 1. The second-order valence-corrected chi connectivity index (χ2v) is 5.14. The number of methoxy groups -OCH3 is 2. The van der Waals surface area contributed by atoms with Crippen molar-refractivity contribution in [3.05, 3.63) is 29.0 Å². The summed E-state index contributed by atoms with van der Waals surface area (Å²) in [7, 11) is 3.01. The van der Waals surface area contributed by atoms with Crippen molar-refractivity contribution in [1.82, 2.24) is 5.16 Å². The molecule has 0 radical (unpaired) electrons. The minimum absolute atomic E-state index is 0.180. The molecule has 0 bridgehead atoms. The van der Waals surface area contributed by atoms with E-state index in [2.05, 4.69) is 15.8 Å². The number of carbonyl (C=O) groups is 1. The van der Waals surface area contributed by atoms with Crippen LogP contribution in [-0.4, -0.2) is 31.8 Å². The van der Waals surface area contributed by atoms with Crippen molar-refractivity contribution in [3.8, 4) is 11.5 Å². The highest BCUT2D eigenvalue weighted by Crippen LogP contribution is 2.35. The molecule has 23 heavy (non-hydrogen) atoms. The summed E-state index contributed by atoms with van der Waals surface area (Å²) in [5.74, 6) is 2.04. The van der Waals surface area contributed by atoms with E-state index in [1.807, 2.05) is 0 Å². The molecular weight excluding hydrogens is 322 g/mol. The Labute approximate surface area is 138 Å². The van der Waals surface area contributed by atoms with Crippen molar-refractivity contribution in [1.29, 1.82) is 0 Å². The van der Waals surface area contributed by atoms with Crippen LogP contribution >= 0.6 is 11.6 Å². The molecule has 0 saturated carbocycles. The van der Waals surface area contributed by atoms with Gasteiger partial charge >= 0.3 is 0 Å². The third-order valence-electron chi connectivity index (χ3n) is 3.03. The number of hydrogen-bond acceptors (Lipinski definition) is 6.